The van der Waals surface area contributed by atoms with Crippen molar-refractivity contribution in [2.45, 2.75) is 50.5 Å². The molecule has 2 aliphatic heterocycles. The largest absolute Gasteiger partial charge is 0.497 e. The predicted octanol–water partition coefficient (Wildman–Crippen LogP) is 4.31. The number of esters is 2. The lowest BCUT2D eigenvalue weighted by Crippen LogP contribution is -2.59. The Hall–Kier alpha value is -3.96. The van der Waals surface area contributed by atoms with E-state index in [2.05, 4.69) is 16.0 Å². The van der Waals surface area contributed by atoms with Gasteiger partial charge in [-0.1, -0.05) is 0 Å². The normalized spacial score (nSPS) is 26.1. The number of nitrogens with zero attached hydrogens (tertiary/aromatic N) is 1. The van der Waals surface area contributed by atoms with E-state index in [9.17, 15) is 9.59 Å². The van der Waals surface area contributed by atoms with Crippen LogP contribution in [0.4, 0.5) is 0 Å². The zero-order valence-electron chi connectivity index (χ0n) is 26.0. The molecule has 0 amide bonds. The quantitative estimate of drug-likeness (QED) is 0.371. The highest BCUT2D eigenvalue weighted by atomic mass is 16.6. The Kier molecular flexibility index (Phi) is 8.34. The predicted molar refractivity (Wildman–Crippen MR) is 161 cm³/mol. The Labute approximate surface area is 256 Å². The van der Waals surface area contributed by atoms with Gasteiger partial charge in [0.2, 0.25) is 5.75 Å². The summed E-state index contributed by atoms with van der Waals surface area (Å²) < 4.78 is 39.8. The summed E-state index contributed by atoms with van der Waals surface area (Å²) in [6.07, 6.45) is 0.459. The van der Waals surface area contributed by atoms with Crippen molar-refractivity contribution in [3.63, 3.8) is 0 Å². The zero-order chi connectivity index (χ0) is 31.1. The highest BCUT2D eigenvalue weighted by molar-refractivity contribution is 5.91. The van der Waals surface area contributed by atoms with Gasteiger partial charge in [0.25, 0.3) is 0 Å². The van der Waals surface area contributed by atoms with Crippen LogP contribution < -0.4 is 18.9 Å². The second-order valence-corrected chi connectivity index (χ2v) is 11.7. The number of hydrogen-bond donors (Lipinski definition) is 1. The molecule has 236 valence electrons. The monoisotopic (exact) mass is 608 g/mol. The highest BCUT2D eigenvalue weighted by Gasteiger charge is 2.53. The number of carbonyl (C=O) groups is 2. The van der Waals surface area contributed by atoms with E-state index in [0.717, 1.165) is 37.2 Å². The van der Waals surface area contributed by atoms with Crippen LogP contribution in [0.2, 0.25) is 0 Å². The molecule has 1 saturated heterocycles. The molecular formula is C33H40N2O9. The summed E-state index contributed by atoms with van der Waals surface area (Å²) in [5.74, 6) is 1.10. The Bertz CT molecular complexity index is 1530. The standard InChI is InChI=1S/C33H40N2O9/c1-17(36)43-30-23-15-25-29-22(21-8-7-20(38-2)14-24(21)34-29)9-10-35(25)16-19(23)13-28(32(30)42-6)44-33(37)18-11-26(39-3)31(41-5)27(12-18)40-4/h7-8,11-12,14,19,23,25,28,30,32,34H,9-10,13,15-16H2,1-6H3. The van der Waals surface area contributed by atoms with Crippen LogP contribution >= 0.6 is 0 Å². The first-order valence-corrected chi connectivity index (χ1v) is 14.9. The molecule has 1 saturated carbocycles. The molecular weight excluding hydrogens is 568 g/mol. The van der Waals surface area contributed by atoms with Gasteiger partial charge >= 0.3 is 11.9 Å². The summed E-state index contributed by atoms with van der Waals surface area (Å²) in [6, 6.07) is 9.44. The fourth-order valence-electron chi connectivity index (χ4n) is 7.59. The van der Waals surface area contributed by atoms with Gasteiger partial charge in [-0.25, -0.2) is 4.79 Å². The molecule has 3 heterocycles. The van der Waals surface area contributed by atoms with Gasteiger partial charge < -0.3 is 38.1 Å². The smallest absolute Gasteiger partial charge is 0.338 e. The molecule has 11 heteroatoms. The molecule has 0 radical (unpaired) electrons. The number of aromatic nitrogens is 1. The van der Waals surface area contributed by atoms with Crippen molar-refractivity contribution < 1.29 is 42.7 Å². The SMILES string of the molecule is COc1ccc2c3c([nH]c2c1)C1CC2C(CC(OC(=O)c4cc(OC)c(OC)c(OC)c4)C(OC)C2OC(C)=O)CN1CC3. The van der Waals surface area contributed by atoms with Gasteiger partial charge in [-0.15, -0.1) is 0 Å². The van der Waals surface area contributed by atoms with Crippen molar-refractivity contribution in [2.24, 2.45) is 11.8 Å². The maximum atomic E-state index is 13.5. The number of nitrogens with one attached hydrogen (secondary N) is 1. The van der Waals surface area contributed by atoms with Crippen molar-refractivity contribution in [1.29, 1.82) is 0 Å². The van der Waals surface area contributed by atoms with Gasteiger partial charge in [-0.3, -0.25) is 9.69 Å². The first kappa shape index (κ1) is 30.1. The number of H-pyrrole nitrogens is 1. The van der Waals surface area contributed by atoms with Crippen LogP contribution in [-0.4, -0.2) is 88.8 Å². The molecule has 6 unspecified atom stereocenters. The topological polar surface area (TPSA) is 118 Å². The summed E-state index contributed by atoms with van der Waals surface area (Å²) in [7, 11) is 7.73. The molecule has 44 heavy (non-hydrogen) atoms. The number of hydrogen-bond acceptors (Lipinski definition) is 10. The van der Waals surface area contributed by atoms with E-state index in [-0.39, 0.29) is 23.4 Å². The minimum Gasteiger partial charge on any atom is -0.497 e. The van der Waals surface area contributed by atoms with Crippen LogP contribution in [0.25, 0.3) is 10.9 Å². The summed E-state index contributed by atoms with van der Waals surface area (Å²) in [4.78, 5) is 32.1. The summed E-state index contributed by atoms with van der Waals surface area (Å²) >= 11 is 0. The molecule has 6 atom stereocenters. The van der Waals surface area contributed by atoms with Crippen LogP contribution in [0.1, 0.15) is 47.4 Å². The summed E-state index contributed by atoms with van der Waals surface area (Å²) in [5, 5.41) is 1.22. The minimum atomic E-state index is -0.632. The van der Waals surface area contributed by atoms with Gasteiger partial charge in [0, 0.05) is 55.7 Å². The van der Waals surface area contributed by atoms with Gasteiger partial charge in [0.15, 0.2) is 11.5 Å². The molecule has 3 aliphatic rings. The third-order valence-corrected chi connectivity index (χ3v) is 9.52. The third kappa shape index (κ3) is 5.21. The van der Waals surface area contributed by atoms with E-state index in [1.54, 1.807) is 26.4 Å². The van der Waals surface area contributed by atoms with Gasteiger partial charge in [0.05, 0.1) is 40.0 Å². The van der Waals surface area contributed by atoms with Gasteiger partial charge in [-0.05, 0) is 55.0 Å². The van der Waals surface area contributed by atoms with Crippen molar-refractivity contribution in [1.82, 2.24) is 9.88 Å². The second-order valence-electron chi connectivity index (χ2n) is 11.7. The van der Waals surface area contributed by atoms with E-state index in [4.69, 9.17) is 33.2 Å². The third-order valence-electron chi connectivity index (χ3n) is 9.52. The molecule has 1 N–H and O–H groups in total. The lowest BCUT2D eigenvalue weighted by atomic mass is 9.67. The van der Waals surface area contributed by atoms with E-state index in [0.29, 0.717) is 23.7 Å². The van der Waals surface area contributed by atoms with Crippen molar-refractivity contribution in [2.75, 3.05) is 48.6 Å². The van der Waals surface area contributed by atoms with Crippen LogP contribution in [0.5, 0.6) is 23.0 Å². The molecule has 6 rings (SSSR count). The van der Waals surface area contributed by atoms with Crippen LogP contribution in [0.3, 0.4) is 0 Å². The molecule has 2 aromatic carbocycles. The fraction of sp³-hybridized carbons (Fsp3) is 0.515. The lowest BCUT2D eigenvalue weighted by Gasteiger charge is -2.53. The minimum absolute atomic E-state index is 0.0214. The van der Waals surface area contributed by atoms with Crippen molar-refractivity contribution in [3.8, 4) is 23.0 Å². The van der Waals surface area contributed by atoms with E-state index < -0.39 is 30.3 Å². The van der Waals surface area contributed by atoms with Crippen molar-refractivity contribution in [3.05, 3.63) is 47.2 Å². The first-order chi connectivity index (χ1) is 21.3. The molecule has 0 spiro atoms. The molecule has 1 aromatic heterocycles. The average molecular weight is 609 g/mol. The van der Waals surface area contributed by atoms with Gasteiger partial charge in [-0.2, -0.15) is 0 Å². The number of fused-ring (bicyclic) bond motifs is 6. The maximum Gasteiger partial charge on any atom is 0.338 e. The Morgan fingerprint density at radius 2 is 1.64 bits per heavy atom. The number of piperidine rings is 1. The Morgan fingerprint density at radius 1 is 0.886 bits per heavy atom. The van der Waals surface area contributed by atoms with Crippen molar-refractivity contribution >= 4 is 22.8 Å². The first-order valence-electron chi connectivity index (χ1n) is 14.9. The molecule has 11 nitrogen and oxygen atoms in total. The molecule has 3 aromatic rings. The number of carbonyl (C=O) groups excluding carboxylic acids is 2. The number of aromatic amines is 1. The summed E-state index contributed by atoms with van der Waals surface area (Å²) in [5.41, 5.74) is 3.86. The molecule has 2 fully saturated rings. The Balaban J connectivity index is 1.29. The molecule has 1 aliphatic carbocycles. The highest BCUT2D eigenvalue weighted by Crippen LogP contribution is 2.49. The van der Waals surface area contributed by atoms with Crippen LogP contribution in [-0.2, 0) is 25.4 Å². The van der Waals surface area contributed by atoms with E-state index >= 15 is 0 Å². The maximum absolute atomic E-state index is 13.5. The summed E-state index contributed by atoms with van der Waals surface area (Å²) in [6.45, 7) is 3.12. The fourth-order valence-corrected chi connectivity index (χ4v) is 7.59. The zero-order valence-corrected chi connectivity index (χ0v) is 26.0. The van der Waals surface area contributed by atoms with Gasteiger partial charge in [0.1, 0.15) is 24.1 Å². The number of rotatable bonds is 8. The molecule has 0 bridgehead atoms. The lowest BCUT2D eigenvalue weighted by molar-refractivity contribution is -0.192. The average Bonchev–Trinajstić information content (AvgIpc) is 3.41. The van der Waals surface area contributed by atoms with Crippen LogP contribution in [0, 0.1) is 11.8 Å². The number of methoxy groups -OCH3 is 5. The number of benzene rings is 2. The van der Waals surface area contributed by atoms with E-state index in [1.807, 2.05) is 12.1 Å². The van der Waals surface area contributed by atoms with E-state index in [1.165, 1.54) is 44.9 Å². The van der Waals surface area contributed by atoms with Crippen LogP contribution in [0.15, 0.2) is 30.3 Å². The number of ether oxygens (including phenoxy) is 7. The second kappa shape index (κ2) is 12.2. The Morgan fingerprint density at radius 3 is 2.27 bits per heavy atom.